The van der Waals surface area contributed by atoms with Gasteiger partial charge in [-0.15, -0.1) is 12.4 Å². The molecule has 0 aromatic rings. The van der Waals surface area contributed by atoms with Gasteiger partial charge >= 0.3 is 0 Å². The number of hydrogen-bond acceptors (Lipinski definition) is 4. The van der Waals surface area contributed by atoms with Crippen molar-refractivity contribution >= 4 is 18.3 Å². The second-order valence-electron chi connectivity index (χ2n) is 4.04. The van der Waals surface area contributed by atoms with Gasteiger partial charge in [-0.05, 0) is 13.3 Å². The number of carbonyl (C=O) groups is 1. The molecule has 2 rings (SSSR count). The van der Waals surface area contributed by atoms with E-state index in [0.29, 0.717) is 13.2 Å². The Hall–Kier alpha value is -0.360. The quantitative estimate of drug-likeness (QED) is 0.706. The monoisotopic (exact) mass is 250 g/mol. The molecule has 2 aliphatic rings. The number of halogens is 1. The number of ether oxygens (including phenoxy) is 2. The van der Waals surface area contributed by atoms with Gasteiger partial charge in [0.1, 0.15) is 6.10 Å². The molecule has 3 atom stereocenters. The lowest BCUT2D eigenvalue weighted by molar-refractivity contribution is -0.135. The fourth-order valence-corrected chi connectivity index (χ4v) is 1.93. The summed E-state index contributed by atoms with van der Waals surface area (Å²) in [5, 5.41) is 6.10. The molecule has 0 bridgehead atoms. The van der Waals surface area contributed by atoms with Crippen molar-refractivity contribution < 1.29 is 14.3 Å². The number of rotatable bonds is 2. The van der Waals surface area contributed by atoms with Gasteiger partial charge < -0.3 is 20.1 Å². The highest BCUT2D eigenvalue weighted by Gasteiger charge is 2.29. The van der Waals surface area contributed by atoms with Gasteiger partial charge in [-0.1, -0.05) is 0 Å². The Bertz CT molecular complexity index is 234. The summed E-state index contributed by atoms with van der Waals surface area (Å²) in [6.45, 7) is 4.75. The van der Waals surface area contributed by atoms with Gasteiger partial charge in [0.2, 0.25) is 0 Å². The topological polar surface area (TPSA) is 59.6 Å². The molecule has 16 heavy (non-hydrogen) atoms. The smallest absolute Gasteiger partial charge is 0.250 e. The Labute approximate surface area is 102 Å². The van der Waals surface area contributed by atoms with Crippen molar-refractivity contribution in [2.45, 2.75) is 31.6 Å². The van der Waals surface area contributed by atoms with Crippen LogP contribution in [0.1, 0.15) is 13.3 Å². The van der Waals surface area contributed by atoms with Crippen molar-refractivity contribution in [3.05, 3.63) is 0 Å². The molecule has 0 aromatic carbocycles. The van der Waals surface area contributed by atoms with Crippen LogP contribution in [0, 0.1) is 0 Å². The Morgan fingerprint density at radius 1 is 1.38 bits per heavy atom. The SMILES string of the molecule is CC1OCCC1NC(=O)[C@@H]1CNCCO1.Cl. The summed E-state index contributed by atoms with van der Waals surface area (Å²) in [4.78, 5) is 11.8. The van der Waals surface area contributed by atoms with Gasteiger partial charge in [0.05, 0.1) is 18.8 Å². The van der Waals surface area contributed by atoms with E-state index in [1.807, 2.05) is 6.92 Å². The lowest BCUT2D eigenvalue weighted by atomic mass is 10.1. The summed E-state index contributed by atoms with van der Waals surface area (Å²) in [6.07, 6.45) is 0.671. The van der Waals surface area contributed by atoms with Crippen molar-refractivity contribution in [1.82, 2.24) is 10.6 Å². The van der Waals surface area contributed by atoms with E-state index in [2.05, 4.69) is 10.6 Å². The minimum absolute atomic E-state index is 0. The minimum Gasteiger partial charge on any atom is -0.376 e. The first-order valence-corrected chi connectivity index (χ1v) is 5.51. The van der Waals surface area contributed by atoms with E-state index in [1.165, 1.54) is 0 Å². The van der Waals surface area contributed by atoms with E-state index in [9.17, 15) is 4.79 Å². The Kier molecular flexibility index (Phi) is 5.48. The summed E-state index contributed by atoms with van der Waals surface area (Å²) < 4.78 is 10.8. The average Bonchev–Trinajstić information content (AvgIpc) is 2.66. The van der Waals surface area contributed by atoms with Crippen LogP contribution in [0.5, 0.6) is 0 Å². The standard InChI is InChI=1S/C10H18N2O3.ClH/c1-7-8(2-4-14-7)12-10(13)9-6-11-3-5-15-9;/h7-9,11H,2-6H2,1H3,(H,12,13);1H/t7?,8?,9-;/m0./s1. The van der Waals surface area contributed by atoms with Gasteiger partial charge in [0.15, 0.2) is 0 Å². The van der Waals surface area contributed by atoms with E-state index >= 15 is 0 Å². The maximum absolute atomic E-state index is 11.8. The molecule has 2 fully saturated rings. The Balaban J connectivity index is 0.00000128. The van der Waals surface area contributed by atoms with Gasteiger partial charge in [-0.3, -0.25) is 4.79 Å². The number of amides is 1. The van der Waals surface area contributed by atoms with Crippen LogP contribution in [-0.2, 0) is 14.3 Å². The molecular weight excluding hydrogens is 232 g/mol. The lowest BCUT2D eigenvalue weighted by Gasteiger charge is -2.25. The third-order valence-corrected chi connectivity index (χ3v) is 2.92. The van der Waals surface area contributed by atoms with Crippen LogP contribution < -0.4 is 10.6 Å². The fraction of sp³-hybridized carbons (Fsp3) is 0.900. The van der Waals surface area contributed by atoms with Crippen LogP contribution in [0.25, 0.3) is 0 Å². The molecule has 6 heteroatoms. The maximum Gasteiger partial charge on any atom is 0.250 e. The molecule has 2 saturated heterocycles. The normalized spacial score (nSPS) is 34.2. The first-order chi connectivity index (χ1) is 7.27. The van der Waals surface area contributed by atoms with Crippen LogP contribution >= 0.6 is 12.4 Å². The van der Waals surface area contributed by atoms with Gasteiger partial charge in [-0.2, -0.15) is 0 Å². The molecule has 0 aliphatic carbocycles. The van der Waals surface area contributed by atoms with E-state index < -0.39 is 0 Å². The second-order valence-corrected chi connectivity index (χ2v) is 4.04. The molecule has 0 saturated carbocycles. The summed E-state index contributed by atoms with van der Waals surface area (Å²) in [5.74, 6) is -0.0236. The molecule has 0 spiro atoms. The molecule has 1 amide bonds. The van der Waals surface area contributed by atoms with Crippen LogP contribution in [0.2, 0.25) is 0 Å². The highest BCUT2D eigenvalue weighted by Crippen LogP contribution is 2.12. The first-order valence-electron chi connectivity index (χ1n) is 5.51. The first kappa shape index (κ1) is 13.7. The van der Waals surface area contributed by atoms with Crippen LogP contribution in [0.15, 0.2) is 0 Å². The average molecular weight is 251 g/mol. The minimum atomic E-state index is -0.341. The molecule has 94 valence electrons. The van der Waals surface area contributed by atoms with E-state index in [0.717, 1.165) is 19.6 Å². The number of morpholine rings is 1. The molecule has 0 aromatic heterocycles. The zero-order valence-electron chi connectivity index (χ0n) is 9.40. The molecule has 0 radical (unpaired) electrons. The number of carbonyl (C=O) groups excluding carboxylic acids is 1. The largest absolute Gasteiger partial charge is 0.376 e. The highest BCUT2D eigenvalue weighted by molar-refractivity contribution is 5.85. The molecule has 2 N–H and O–H groups in total. The van der Waals surface area contributed by atoms with E-state index in [4.69, 9.17) is 9.47 Å². The molecular formula is C10H19ClN2O3. The Morgan fingerprint density at radius 3 is 2.75 bits per heavy atom. The molecule has 5 nitrogen and oxygen atoms in total. The van der Waals surface area contributed by atoms with Crippen molar-refractivity contribution in [2.24, 2.45) is 0 Å². The summed E-state index contributed by atoms with van der Waals surface area (Å²) in [6, 6.07) is 0.142. The van der Waals surface area contributed by atoms with Crippen LogP contribution in [0.3, 0.4) is 0 Å². The highest BCUT2D eigenvalue weighted by atomic mass is 35.5. The zero-order valence-corrected chi connectivity index (χ0v) is 10.2. The lowest BCUT2D eigenvalue weighted by Crippen LogP contribution is -2.51. The maximum atomic E-state index is 11.8. The van der Waals surface area contributed by atoms with Crippen LogP contribution in [0.4, 0.5) is 0 Å². The summed E-state index contributed by atoms with van der Waals surface area (Å²) in [5.41, 5.74) is 0. The van der Waals surface area contributed by atoms with Crippen LogP contribution in [-0.4, -0.2) is 50.5 Å². The second kappa shape index (κ2) is 6.39. The molecule has 2 heterocycles. The van der Waals surface area contributed by atoms with Gasteiger partial charge in [0.25, 0.3) is 5.91 Å². The zero-order chi connectivity index (χ0) is 10.7. The van der Waals surface area contributed by atoms with Gasteiger partial charge in [0, 0.05) is 19.7 Å². The van der Waals surface area contributed by atoms with Crippen molar-refractivity contribution in [2.75, 3.05) is 26.3 Å². The third kappa shape index (κ3) is 3.31. The van der Waals surface area contributed by atoms with Crippen molar-refractivity contribution in [3.8, 4) is 0 Å². The van der Waals surface area contributed by atoms with Gasteiger partial charge in [-0.25, -0.2) is 0 Å². The molecule has 2 aliphatic heterocycles. The fourth-order valence-electron chi connectivity index (χ4n) is 1.93. The van der Waals surface area contributed by atoms with E-state index in [1.54, 1.807) is 0 Å². The predicted octanol–water partition coefficient (Wildman–Crippen LogP) is -0.310. The van der Waals surface area contributed by atoms with Crippen molar-refractivity contribution in [1.29, 1.82) is 0 Å². The number of hydrogen-bond donors (Lipinski definition) is 2. The van der Waals surface area contributed by atoms with E-state index in [-0.39, 0.29) is 36.6 Å². The third-order valence-electron chi connectivity index (χ3n) is 2.92. The summed E-state index contributed by atoms with van der Waals surface area (Å²) in [7, 11) is 0. The summed E-state index contributed by atoms with van der Waals surface area (Å²) >= 11 is 0. The molecule has 2 unspecified atom stereocenters. The predicted molar refractivity (Wildman–Crippen MR) is 61.8 cm³/mol. The number of nitrogens with one attached hydrogen (secondary N) is 2. The Morgan fingerprint density at radius 2 is 2.19 bits per heavy atom. The van der Waals surface area contributed by atoms with Crippen molar-refractivity contribution in [3.63, 3.8) is 0 Å².